The number of carbonyl (C=O) groups excluding carboxylic acids is 1. The molecule has 0 aliphatic heterocycles. The quantitative estimate of drug-likeness (QED) is 0.707. The maximum absolute atomic E-state index is 11.6. The van der Waals surface area contributed by atoms with E-state index in [1.165, 1.54) is 19.0 Å². The van der Waals surface area contributed by atoms with Crippen LogP contribution in [0.5, 0.6) is 0 Å². The van der Waals surface area contributed by atoms with Gasteiger partial charge in [-0.15, -0.1) is 0 Å². The summed E-state index contributed by atoms with van der Waals surface area (Å²) >= 11 is 0. The van der Waals surface area contributed by atoms with Crippen LogP contribution in [0.2, 0.25) is 0 Å². The van der Waals surface area contributed by atoms with Crippen LogP contribution in [0.3, 0.4) is 0 Å². The number of Topliss-reactive ketones (excluding diaryl/α,β-unsaturated/α-hetero) is 1. The summed E-state index contributed by atoms with van der Waals surface area (Å²) in [7, 11) is 2.29. The van der Waals surface area contributed by atoms with Crippen molar-refractivity contribution in [2.45, 2.75) is 52.2 Å². The highest BCUT2D eigenvalue weighted by molar-refractivity contribution is 7.88. The molecule has 2 aromatic rings. The second kappa shape index (κ2) is 8.68. The Labute approximate surface area is 186 Å². The summed E-state index contributed by atoms with van der Waals surface area (Å²) in [6, 6.07) is 5.75. The van der Waals surface area contributed by atoms with Crippen molar-refractivity contribution in [1.82, 2.24) is 14.6 Å². The number of nitrogens with one attached hydrogen (secondary N) is 2. The smallest absolute Gasteiger partial charge is 0.215 e. The Morgan fingerprint density at radius 3 is 2.42 bits per heavy atom. The Morgan fingerprint density at radius 1 is 1.23 bits per heavy atom. The van der Waals surface area contributed by atoms with E-state index in [1.807, 2.05) is 38.5 Å². The largest absolute Gasteiger partial charge is 0.361 e. The Hall–Kier alpha value is -1.70. The number of fused-ring (bicyclic) bond motifs is 3. The predicted octanol–water partition coefficient (Wildman–Crippen LogP) is 3.72. The van der Waals surface area contributed by atoms with Gasteiger partial charge in [-0.3, -0.25) is 4.79 Å². The van der Waals surface area contributed by atoms with Gasteiger partial charge >= 0.3 is 0 Å². The van der Waals surface area contributed by atoms with E-state index in [4.69, 9.17) is 0 Å². The third-order valence-corrected chi connectivity index (χ3v) is 9.15. The van der Waals surface area contributed by atoms with Crippen LogP contribution in [-0.4, -0.2) is 51.8 Å². The van der Waals surface area contributed by atoms with Crippen LogP contribution < -0.4 is 4.72 Å². The summed E-state index contributed by atoms with van der Waals surface area (Å²) in [5.74, 6) is 1.20. The Bertz CT molecular complexity index is 1060. The zero-order valence-electron chi connectivity index (χ0n) is 19.7. The zero-order chi connectivity index (χ0) is 23.0. The lowest BCUT2D eigenvalue weighted by molar-refractivity contribution is -0.128. The molecule has 1 heterocycles. The number of likely N-dealkylation sites (N-methyl/N-ethyl adjacent to an activating group) is 1. The fourth-order valence-electron chi connectivity index (χ4n) is 5.06. The molecule has 2 atom stereocenters. The van der Waals surface area contributed by atoms with Gasteiger partial charge in [-0.05, 0) is 75.0 Å². The molecular weight excluding hydrogens is 410 g/mol. The maximum atomic E-state index is 11.6. The average Bonchev–Trinajstić information content (AvgIpc) is 3.25. The van der Waals surface area contributed by atoms with Crippen molar-refractivity contribution in [3.05, 3.63) is 35.5 Å². The molecule has 1 aromatic heterocycles. The summed E-state index contributed by atoms with van der Waals surface area (Å²) < 4.78 is 25.6. The van der Waals surface area contributed by atoms with Gasteiger partial charge in [0.2, 0.25) is 10.0 Å². The van der Waals surface area contributed by atoms with Crippen LogP contribution in [0.1, 0.15) is 51.2 Å². The zero-order valence-corrected chi connectivity index (χ0v) is 20.5. The lowest BCUT2D eigenvalue weighted by atomic mass is 9.70. The van der Waals surface area contributed by atoms with E-state index in [0.717, 1.165) is 42.3 Å². The molecule has 7 heteroatoms. The first kappa shape index (κ1) is 24.0. The second-order valence-corrected chi connectivity index (χ2v) is 12.1. The monoisotopic (exact) mass is 447 g/mol. The van der Waals surface area contributed by atoms with E-state index >= 15 is 0 Å². The van der Waals surface area contributed by atoms with Crippen molar-refractivity contribution in [3.63, 3.8) is 0 Å². The van der Waals surface area contributed by atoms with Gasteiger partial charge in [0.15, 0.2) is 0 Å². The maximum Gasteiger partial charge on any atom is 0.215 e. The van der Waals surface area contributed by atoms with E-state index in [2.05, 4.69) is 35.4 Å². The molecular formula is C24H37N3O3S. The third kappa shape index (κ3) is 4.73. The van der Waals surface area contributed by atoms with Gasteiger partial charge in [0, 0.05) is 35.5 Å². The Kier molecular flexibility index (Phi) is 6.71. The van der Waals surface area contributed by atoms with E-state index in [1.54, 1.807) is 0 Å². The standard InChI is InChI=1S/C14H21N3O2S.C10H16O/c1-15-20(18,19)10-11-4-5-14-13(8-11)12(9-16-14)6-7-17(2)3;1-9(2)7-4-5-10(9,3)8(11)6-7/h4-5,8-9,15-16H,6-7,10H2,1-3H3;7H,4-6H2,1-3H3. The van der Waals surface area contributed by atoms with Crippen molar-refractivity contribution < 1.29 is 13.2 Å². The number of aromatic nitrogens is 1. The van der Waals surface area contributed by atoms with Crippen LogP contribution in [0.15, 0.2) is 24.4 Å². The number of benzene rings is 1. The SMILES string of the molecule is CC12CCC(CC1=O)C2(C)C.CNS(=O)(=O)Cc1ccc2[nH]cc(CCN(C)C)c2c1. The molecule has 4 rings (SSSR count). The van der Waals surface area contributed by atoms with Gasteiger partial charge in [-0.2, -0.15) is 0 Å². The molecule has 0 spiro atoms. The third-order valence-electron chi connectivity index (χ3n) is 7.81. The highest BCUT2D eigenvalue weighted by atomic mass is 32.2. The van der Waals surface area contributed by atoms with Gasteiger partial charge in [0.25, 0.3) is 0 Å². The van der Waals surface area contributed by atoms with Gasteiger partial charge in [-0.25, -0.2) is 13.1 Å². The van der Waals surface area contributed by atoms with Gasteiger partial charge in [0.05, 0.1) is 5.75 Å². The van der Waals surface area contributed by atoms with Crippen LogP contribution in [-0.2, 0) is 27.0 Å². The van der Waals surface area contributed by atoms with Crippen molar-refractivity contribution in [3.8, 4) is 0 Å². The molecule has 0 amide bonds. The van der Waals surface area contributed by atoms with Crippen LogP contribution in [0.4, 0.5) is 0 Å². The number of ketones is 1. The molecule has 0 radical (unpaired) electrons. The summed E-state index contributed by atoms with van der Waals surface area (Å²) in [6.45, 7) is 7.64. The number of hydrogen-bond donors (Lipinski definition) is 2. The van der Waals surface area contributed by atoms with Gasteiger partial charge in [-0.1, -0.05) is 26.8 Å². The second-order valence-electron chi connectivity index (χ2n) is 10.1. The highest BCUT2D eigenvalue weighted by Crippen LogP contribution is 2.63. The van der Waals surface area contributed by atoms with Crippen LogP contribution in [0, 0.1) is 16.7 Å². The van der Waals surface area contributed by atoms with E-state index in [9.17, 15) is 13.2 Å². The minimum absolute atomic E-state index is 0.0116. The summed E-state index contributed by atoms with van der Waals surface area (Å²) in [6.07, 6.45) is 6.20. The fourth-order valence-corrected chi connectivity index (χ4v) is 5.82. The molecule has 2 saturated carbocycles. The van der Waals surface area contributed by atoms with Crippen molar-refractivity contribution in [1.29, 1.82) is 0 Å². The molecule has 2 N–H and O–H groups in total. The molecule has 2 aliphatic carbocycles. The predicted molar refractivity (Wildman–Crippen MR) is 126 cm³/mol. The molecule has 2 fully saturated rings. The lowest BCUT2D eigenvalue weighted by Crippen LogP contribution is -2.32. The van der Waals surface area contributed by atoms with Crippen LogP contribution in [0.25, 0.3) is 10.9 Å². The van der Waals surface area contributed by atoms with Crippen molar-refractivity contribution in [2.24, 2.45) is 16.7 Å². The molecule has 2 bridgehead atoms. The Morgan fingerprint density at radius 2 is 1.94 bits per heavy atom. The van der Waals surface area contributed by atoms with E-state index in [-0.39, 0.29) is 16.6 Å². The number of H-pyrrole nitrogens is 1. The van der Waals surface area contributed by atoms with E-state index in [0.29, 0.717) is 11.7 Å². The lowest BCUT2D eigenvalue weighted by Gasteiger charge is -2.32. The molecule has 2 unspecified atom stereocenters. The van der Waals surface area contributed by atoms with Crippen molar-refractivity contribution in [2.75, 3.05) is 27.7 Å². The molecule has 31 heavy (non-hydrogen) atoms. The van der Waals surface area contributed by atoms with Crippen molar-refractivity contribution >= 4 is 26.7 Å². The number of hydrogen-bond acceptors (Lipinski definition) is 4. The molecule has 0 saturated heterocycles. The fraction of sp³-hybridized carbons (Fsp3) is 0.625. The first-order valence-corrected chi connectivity index (χ1v) is 12.7. The summed E-state index contributed by atoms with van der Waals surface area (Å²) in [5.41, 5.74) is 3.38. The molecule has 172 valence electrons. The normalized spacial score (nSPS) is 24.6. The first-order valence-electron chi connectivity index (χ1n) is 11.1. The average molecular weight is 448 g/mol. The van der Waals surface area contributed by atoms with Gasteiger partial charge in [0.1, 0.15) is 5.78 Å². The number of carbonyl (C=O) groups is 1. The minimum atomic E-state index is -3.23. The molecule has 6 nitrogen and oxygen atoms in total. The number of rotatable bonds is 6. The minimum Gasteiger partial charge on any atom is -0.361 e. The first-order chi connectivity index (χ1) is 14.4. The molecule has 1 aromatic carbocycles. The molecule has 2 aliphatic rings. The number of aromatic amines is 1. The van der Waals surface area contributed by atoms with Crippen LogP contribution >= 0.6 is 0 Å². The summed E-state index contributed by atoms with van der Waals surface area (Å²) in [4.78, 5) is 16.9. The van der Waals surface area contributed by atoms with E-state index < -0.39 is 10.0 Å². The topological polar surface area (TPSA) is 82.3 Å². The highest BCUT2D eigenvalue weighted by Gasteiger charge is 2.61. The Balaban J connectivity index is 0.000000207. The number of sulfonamides is 1. The summed E-state index contributed by atoms with van der Waals surface area (Å²) in [5, 5.41) is 1.11. The van der Waals surface area contributed by atoms with Gasteiger partial charge < -0.3 is 9.88 Å². The number of nitrogens with zero attached hydrogens (tertiary/aromatic N) is 1.